The Hall–Kier alpha value is -1.20. The Morgan fingerprint density at radius 2 is 2.05 bits per heavy atom. The molecule has 0 aromatic heterocycles. The zero-order valence-corrected chi connectivity index (χ0v) is 12.4. The van der Waals surface area contributed by atoms with Crippen molar-refractivity contribution < 1.29 is 14.3 Å². The van der Waals surface area contributed by atoms with Crippen LogP contribution in [0.3, 0.4) is 0 Å². The van der Waals surface area contributed by atoms with Crippen LogP contribution in [-0.2, 0) is 9.53 Å². The number of halogens is 1. The van der Waals surface area contributed by atoms with E-state index in [2.05, 4.69) is 22.9 Å². The van der Waals surface area contributed by atoms with Gasteiger partial charge in [0.25, 0.3) is 11.7 Å². The van der Waals surface area contributed by atoms with Crippen LogP contribution in [0.2, 0.25) is 0 Å². The van der Waals surface area contributed by atoms with Gasteiger partial charge in [0.2, 0.25) is 0 Å². The Labute approximate surface area is 120 Å². The van der Waals surface area contributed by atoms with E-state index in [0.29, 0.717) is 31.0 Å². The number of anilines is 1. The van der Waals surface area contributed by atoms with Crippen molar-refractivity contribution in [2.45, 2.75) is 19.8 Å². The van der Waals surface area contributed by atoms with E-state index in [-0.39, 0.29) is 0 Å². The Balaban J connectivity index is 2.06. The first-order valence-electron chi connectivity index (χ1n) is 6.39. The Morgan fingerprint density at radius 3 is 2.79 bits per heavy atom. The molecular weight excluding hydrogens is 310 g/mol. The Morgan fingerprint density at radius 1 is 1.26 bits per heavy atom. The number of fused-ring (bicyclic) bond motifs is 1. The number of ketones is 1. The topological polar surface area (TPSA) is 46.6 Å². The fraction of sp³-hybridized carbons (Fsp3) is 0.429. The highest BCUT2D eigenvalue weighted by Crippen LogP contribution is 2.35. The van der Waals surface area contributed by atoms with Crippen molar-refractivity contribution in [2.24, 2.45) is 0 Å². The molecule has 1 aliphatic heterocycles. The molecule has 5 heteroatoms. The van der Waals surface area contributed by atoms with E-state index in [1.807, 2.05) is 6.07 Å². The number of hydrogen-bond acceptors (Lipinski definition) is 3. The highest BCUT2D eigenvalue weighted by Gasteiger charge is 2.36. The largest absolute Gasteiger partial charge is 0.380 e. The summed E-state index contributed by atoms with van der Waals surface area (Å²) in [6.45, 7) is 3.64. The molecule has 1 aromatic rings. The van der Waals surface area contributed by atoms with Crippen molar-refractivity contribution in [3.8, 4) is 0 Å². The molecule has 0 atom stereocenters. The fourth-order valence-corrected chi connectivity index (χ4v) is 2.61. The predicted octanol–water partition coefficient (Wildman–Crippen LogP) is 2.80. The number of ether oxygens (including phenoxy) is 1. The van der Waals surface area contributed by atoms with E-state index in [9.17, 15) is 9.59 Å². The molecule has 0 saturated heterocycles. The number of benzene rings is 1. The van der Waals surface area contributed by atoms with Crippen molar-refractivity contribution in [3.05, 3.63) is 28.2 Å². The standard InChI is InChI=1S/C14H16BrNO3/c1-2-3-8-19-9-7-16-12-10(13(17)14(16)18)5-4-6-11(12)15/h4-6H,2-3,7-9H2,1H3. The Kier molecular flexibility index (Phi) is 4.71. The van der Waals surface area contributed by atoms with Gasteiger partial charge in [-0.3, -0.25) is 9.59 Å². The van der Waals surface area contributed by atoms with Crippen LogP contribution >= 0.6 is 15.9 Å². The first-order chi connectivity index (χ1) is 9.16. The van der Waals surface area contributed by atoms with E-state index in [4.69, 9.17) is 4.74 Å². The number of unbranched alkanes of at least 4 members (excludes halogenated alkanes) is 1. The van der Waals surface area contributed by atoms with Crippen LogP contribution in [0.25, 0.3) is 0 Å². The molecule has 4 nitrogen and oxygen atoms in total. The van der Waals surface area contributed by atoms with Gasteiger partial charge in [-0.05, 0) is 34.5 Å². The minimum Gasteiger partial charge on any atom is -0.380 e. The molecule has 0 unspecified atom stereocenters. The molecule has 0 bridgehead atoms. The maximum absolute atomic E-state index is 11.9. The fourth-order valence-electron chi connectivity index (χ4n) is 2.03. The van der Waals surface area contributed by atoms with Gasteiger partial charge in [0.05, 0.1) is 17.9 Å². The van der Waals surface area contributed by atoms with Gasteiger partial charge in [-0.25, -0.2) is 0 Å². The lowest BCUT2D eigenvalue weighted by atomic mass is 10.1. The number of para-hydroxylation sites is 1. The van der Waals surface area contributed by atoms with Crippen molar-refractivity contribution in [1.82, 2.24) is 0 Å². The van der Waals surface area contributed by atoms with Crippen LogP contribution in [-0.4, -0.2) is 31.4 Å². The lowest BCUT2D eigenvalue weighted by Gasteiger charge is -2.17. The maximum Gasteiger partial charge on any atom is 0.299 e. The number of carbonyl (C=O) groups excluding carboxylic acids is 2. The molecule has 1 heterocycles. The summed E-state index contributed by atoms with van der Waals surface area (Å²) in [5, 5.41) is 0. The maximum atomic E-state index is 11.9. The predicted molar refractivity (Wildman–Crippen MR) is 76.6 cm³/mol. The summed E-state index contributed by atoms with van der Waals surface area (Å²) in [6.07, 6.45) is 2.09. The molecule has 2 rings (SSSR count). The van der Waals surface area contributed by atoms with E-state index >= 15 is 0 Å². The number of rotatable bonds is 6. The van der Waals surface area contributed by atoms with Gasteiger partial charge < -0.3 is 9.64 Å². The van der Waals surface area contributed by atoms with Crippen molar-refractivity contribution in [3.63, 3.8) is 0 Å². The third kappa shape index (κ3) is 2.87. The summed E-state index contributed by atoms with van der Waals surface area (Å²) in [5.41, 5.74) is 1.13. The summed E-state index contributed by atoms with van der Waals surface area (Å²) < 4.78 is 6.22. The van der Waals surface area contributed by atoms with Crippen LogP contribution < -0.4 is 4.90 Å². The minimum absolute atomic E-state index is 0.407. The van der Waals surface area contributed by atoms with Gasteiger partial charge in [0.15, 0.2) is 0 Å². The molecule has 0 N–H and O–H groups in total. The third-order valence-corrected chi connectivity index (χ3v) is 3.68. The summed E-state index contributed by atoms with van der Waals surface area (Å²) in [4.78, 5) is 25.3. The lowest BCUT2D eigenvalue weighted by Crippen LogP contribution is -2.33. The van der Waals surface area contributed by atoms with Crippen LogP contribution in [0.1, 0.15) is 30.1 Å². The molecular formula is C14H16BrNO3. The molecule has 1 amide bonds. The van der Waals surface area contributed by atoms with Crippen LogP contribution in [0, 0.1) is 0 Å². The summed E-state index contributed by atoms with van der Waals surface area (Å²) in [6, 6.07) is 5.27. The monoisotopic (exact) mass is 325 g/mol. The third-order valence-electron chi connectivity index (χ3n) is 3.04. The van der Waals surface area contributed by atoms with Gasteiger partial charge in [-0.2, -0.15) is 0 Å². The normalized spacial score (nSPS) is 14.1. The summed E-state index contributed by atoms with van der Waals surface area (Å²) >= 11 is 3.39. The highest BCUT2D eigenvalue weighted by molar-refractivity contribution is 9.10. The molecule has 0 saturated carbocycles. The molecule has 19 heavy (non-hydrogen) atoms. The zero-order valence-electron chi connectivity index (χ0n) is 10.8. The van der Waals surface area contributed by atoms with Crippen molar-refractivity contribution in [1.29, 1.82) is 0 Å². The van der Waals surface area contributed by atoms with Gasteiger partial charge in [-0.15, -0.1) is 0 Å². The van der Waals surface area contributed by atoms with Gasteiger partial charge in [0.1, 0.15) is 0 Å². The van der Waals surface area contributed by atoms with E-state index in [1.54, 1.807) is 12.1 Å². The summed E-state index contributed by atoms with van der Waals surface area (Å²) in [5.74, 6) is -0.911. The van der Waals surface area contributed by atoms with Crippen molar-refractivity contribution >= 4 is 33.3 Å². The second kappa shape index (κ2) is 6.30. The number of carbonyl (C=O) groups is 2. The second-order valence-electron chi connectivity index (χ2n) is 4.39. The average molecular weight is 326 g/mol. The zero-order chi connectivity index (χ0) is 13.8. The molecule has 1 aromatic carbocycles. The second-order valence-corrected chi connectivity index (χ2v) is 5.24. The van der Waals surface area contributed by atoms with E-state index in [0.717, 1.165) is 17.3 Å². The number of hydrogen-bond donors (Lipinski definition) is 0. The van der Waals surface area contributed by atoms with Crippen LogP contribution in [0.5, 0.6) is 0 Å². The number of nitrogens with zero attached hydrogens (tertiary/aromatic N) is 1. The van der Waals surface area contributed by atoms with Gasteiger partial charge in [-0.1, -0.05) is 19.4 Å². The van der Waals surface area contributed by atoms with E-state index in [1.165, 1.54) is 4.90 Å². The minimum atomic E-state index is -0.471. The first-order valence-corrected chi connectivity index (χ1v) is 7.18. The summed E-state index contributed by atoms with van der Waals surface area (Å²) in [7, 11) is 0. The van der Waals surface area contributed by atoms with Crippen molar-refractivity contribution in [2.75, 3.05) is 24.7 Å². The first kappa shape index (κ1) is 14.2. The van der Waals surface area contributed by atoms with Crippen LogP contribution in [0.15, 0.2) is 22.7 Å². The molecule has 0 aliphatic carbocycles. The van der Waals surface area contributed by atoms with Gasteiger partial charge in [0, 0.05) is 17.6 Å². The molecule has 0 radical (unpaired) electrons. The quantitative estimate of drug-likeness (QED) is 0.596. The van der Waals surface area contributed by atoms with E-state index < -0.39 is 11.7 Å². The van der Waals surface area contributed by atoms with Gasteiger partial charge >= 0.3 is 0 Å². The number of amides is 1. The Bertz CT molecular complexity index is 501. The SMILES string of the molecule is CCCCOCCN1C(=O)C(=O)c2cccc(Br)c21. The smallest absolute Gasteiger partial charge is 0.299 e. The lowest BCUT2D eigenvalue weighted by molar-refractivity contribution is -0.114. The number of Topliss-reactive ketones (excluding diaryl/α,β-unsaturated/α-hetero) is 1. The molecule has 0 fully saturated rings. The highest BCUT2D eigenvalue weighted by atomic mass is 79.9. The molecule has 102 valence electrons. The average Bonchev–Trinajstić information content (AvgIpc) is 2.65. The molecule has 0 spiro atoms. The van der Waals surface area contributed by atoms with Crippen LogP contribution in [0.4, 0.5) is 5.69 Å². The molecule has 1 aliphatic rings.